The summed E-state index contributed by atoms with van der Waals surface area (Å²) in [5.41, 5.74) is 0.595. The van der Waals surface area contributed by atoms with Gasteiger partial charge in [0.2, 0.25) is 0 Å². The first-order valence-corrected chi connectivity index (χ1v) is 2.18. The van der Waals surface area contributed by atoms with Crippen LogP contribution in [0, 0.1) is 0 Å². The van der Waals surface area contributed by atoms with Crippen molar-refractivity contribution < 1.29 is 4.84 Å². The fourth-order valence-corrected chi connectivity index (χ4v) is 0.193. The second-order valence-electron chi connectivity index (χ2n) is 0.961. The summed E-state index contributed by atoms with van der Waals surface area (Å²) in [6, 6.07) is 0. The van der Waals surface area contributed by atoms with E-state index in [-0.39, 0.29) is 0 Å². The molecule has 1 radical (unpaired) electrons. The molecule has 0 rings (SSSR count). The summed E-state index contributed by atoms with van der Waals surface area (Å²) < 4.78 is 0. The summed E-state index contributed by atoms with van der Waals surface area (Å²) in [6.07, 6.45) is 0. The quantitative estimate of drug-likeness (QED) is 0.303. The van der Waals surface area contributed by atoms with Gasteiger partial charge in [-0.3, -0.25) is 0 Å². The molecule has 0 saturated heterocycles. The SMILES string of the molecule is CON=C(C)[C]=S. The molecule has 0 N–H and O–H groups in total. The Hall–Kier alpha value is -0.440. The van der Waals surface area contributed by atoms with Crippen LogP contribution in [0.4, 0.5) is 0 Å². The summed E-state index contributed by atoms with van der Waals surface area (Å²) in [5.74, 6) is 0. The molecule has 0 aromatic rings. The van der Waals surface area contributed by atoms with Gasteiger partial charge in [-0.2, -0.15) is 0 Å². The van der Waals surface area contributed by atoms with Crippen LogP contribution >= 0.6 is 12.2 Å². The zero-order valence-corrected chi connectivity index (χ0v) is 5.08. The van der Waals surface area contributed by atoms with Crippen molar-refractivity contribution in [3.8, 4) is 0 Å². The van der Waals surface area contributed by atoms with E-state index in [2.05, 4.69) is 27.6 Å². The highest BCUT2D eigenvalue weighted by atomic mass is 32.1. The number of nitrogens with zero attached hydrogens (tertiary/aromatic N) is 1. The normalized spacial score (nSPS) is 10.9. The molecule has 39 valence electrons. The van der Waals surface area contributed by atoms with Crippen LogP contribution in [0.5, 0.6) is 0 Å². The Morgan fingerprint density at radius 2 is 2.43 bits per heavy atom. The molecule has 0 saturated carbocycles. The molecule has 0 aromatic carbocycles. The maximum absolute atomic E-state index is 4.38. The Kier molecular flexibility index (Phi) is 3.50. The van der Waals surface area contributed by atoms with Crippen LogP contribution < -0.4 is 0 Å². The monoisotopic (exact) mass is 116 g/mol. The second kappa shape index (κ2) is 3.74. The molecule has 0 aromatic heterocycles. The van der Waals surface area contributed by atoms with Crippen molar-refractivity contribution in [2.75, 3.05) is 7.11 Å². The Bertz CT molecular complexity index is 89.7. The largest absolute Gasteiger partial charge is 0.399 e. The lowest BCUT2D eigenvalue weighted by Gasteiger charge is -1.83. The lowest BCUT2D eigenvalue weighted by Crippen LogP contribution is -1.88. The molecule has 0 unspecified atom stereocenters. The zero-order valence-electron chi connectivity index (χ0n) is 4.26. The van der Waals surface area contributed by atoms with Gasteiger partial charge in [0.25, 0.3) is 0 Å². The van der Waals surface area contributed by atoms with Gasteiger partial charge in [-0.1, -0.05) is 17.4 Å². The minimum Gasteiger partial charge on any atom is -0.399 e. The third-order valence-corrected chi connectivity index (χ3v) is 0.671. The third-order valence-electron chi connectivity index (χ3n) is 0.376. The van der Waals surface area contributed by atoms with Crippen molar-refractivity contribution >= 4 is 23.3 Å². The highest BCUT2D eigenvalue weighted by Crippen LogP contribution is 1.71. The summed E-state index contributed by atoms with van der Waals surface area (Å²) in [7, 11) is 1.47. The molecule has 0 bridgehead atoms. The van der Waals surface area contributed by atoms with E-state index >= 15 is 0 Å². The summed E-state index contributed by atoms with van der Waals surface area (Å²) in [5, 5.41) is 5.82. The lowest BCUT2D eigenvalue weighted by molar-refractivity contribution is 0.214. The summed E-state index contributed by atoms with van der Waals surface area (Å²) >= 11 is 4.38. The fraction of sp³-hybridized carbons (Fsp3) is 0.500. The van der Waals surface area contributed by atoms with Crippen molar-refractivity contribution in [1.29, 1.82) is 0 Å². The van der Waals surface area contributed by atoms with Crippen molar-refractivity contribution in [2.45, 2.75) is 6.92 Å². The van der Waals surface area contributed by atoms with E-state index in [1.165, 1.54) is 7.11 Å². The summed E-state index contributed by atoms with van der Waals surface area (Å²) in [6.45, 7) is 1.72. The Morgan fingerprint density at radius 3 is 2.57 bits per heavy atom. The smallest absolute Gasteiger partial charge is 0.106 e. The van der Waals surface area contributed by atoms with Crippen molar-refractivity contribution in [2.24, 2.45) is 5.16 Å². The Balaban J connectivity index is 3.49. The van der Waals surface area contributed by atoms with Gasteiger partial charge in [0.15, 0.2) is 0 Å². The highest BCUT2D eigenvalue weighted by Gasteiger charge is 1.77. The first-order chi connectivity index (χ1) is 3.31. The van der Waals surface area contributed by atoms with E-state index in [0.717, 1.165) is 0 Å². The fourth-order valence-electron chi connectivity index (χ4n) is 0.156. The number of hydrogen-bond donors (Lipinski definition) is 0. The van der Waals surface area contributed by atoms with Gasteiger partial charge in [-0.25, -0.2) is 0 Å². The summed E-state index contributed by atoms with van der Waals surface area (Å²) in [4.78, 5) is 4.35. The Morgan fingerprint density at radius 1 is 1.86 bits per heavy atom. The molecule has 7 heavy (non-hydrogen) atoms. The van der Waals surface area contributed by atoms with Crippen LogP contribution in [-0.4, -0.2) is 18.2 Å². The zero-order chi connectivity index (χ0) is 5.70. The lowest BCUT2D eigenvalue weighted by atomic mass is 10.5. The van der Waals surface area contributed by atoms with E-state index < -0.39 is 0 Å². The molecular weight excluding hydrogens is 110 g/mol. The van der Waals surface area contributed by atoms with E-state index in [9.17, 15) is 0 Å². The molecule has 0 fully saturated rings. The van der Waals surface area contributed by atoms with Gasteiger partial charge in [-0.05, 0) is 6.92 Å². The first kappa shape index (κ1) is 6.56. The van der Waals surface area contributed by atoms with E-state index in [1.807, 2.05) is 0 Å². The maximum Gasteiger partial charge on any atom is 0.106 e. The topological polar surface area (TPSA) is 21.6 Å². The van der Waals surface area contributed by atoms with Crippen molar-refractivity contribution in [3.05, 3.63) is 0 Å². The molecular formula is C4H6NOS. The number of thiocarbonyl (C=S) groups is 1. The van der Waals surface area contributed by atoms with Crippen LogP contribution in [-0.2, 0) is 4.84 Å². The maximum atomic E-state index is 4.38. The van der Waals surface area contributed by atoms with Gasteiger partial charge in [-0.15, -0.1) is 0 Å². The average molecular weight is 116 g/mol. The predicted octanol–water partition coefficient (Wildman–Crippen LogP) is 0.885. The molecule has 0 spiro atoms. The van der Waals surface area contributed by atoms with E-state index in [0.29, 0.717) is 5.71 Å². The molecule has 0 aliphatic carbocycles. The molecule has 0 heterocycles. The van der Waals surface area contributed by atoms with Gasteiger partial charge in [0.1, 0.15) is 7.11 Å². The highest BCUT2D eigenvalue weighted by molar-refractivity contribution is 7.80. The molecule has 0 atom stereocenters. The predicted molar refractivity (Wildman–Crippen MR) is 32.7 cm³/mol. The standard InChI is InChI=1S/C4H6NOS/c1-4(3-7)5-6-2/h1-2H3. The minimum absolute atomic E-state index is 0.595. The van der Waals surface area contributed by atoms with E-state index in [1.54, 1.807) is 6.92 Å². The van der Waals surface area contributed by atoms with Gasteiger partial charge in [0, 0.05) is 0 Å². The van der Waals surface area contributed by atoms with Crippen LogP contribution in [0.1, 0.15) is 6.92 Å². The van der Waals surface area contributed by atoms with Crippen LogP contribution in [0.3, 0.4) is 0 Å². The minimum atomic E-state index is 0.595. The van der Waals surface area contributed by atoms with Crippen LogP contribution in [0.15, 0.2) is 5.16 Å². The van der Waals surface area contributed by atoms with Crippen LogP contribution in [0.2, 0.25) is 0 Å². The average Bonchev–Trinajstić information content (AvgIpc) is 1.68. The molecule has 0 aliphatic rings. The Labute approximate surface area is 48.2 Å². The van der Waals surface area contributed by atoms with Gasteiger partial charge >= 0.3 is 0 Å². The first-order valence-electron chi connectivity index (χ1n) is 1.77. The molecule has 3 heteroatoms. The number of oxime groups is 1. The number of rotatable bonds is 2. The van der Waals surface area contributed by atoms with Crippen LogP contribution in [0.25, 0.3) is 0 Å². The van der Waals surface area contributed by atoms with Gasteiger partial charge < -0.3 is 4.84 Å². The number of hydrogen-bond acceptors (Lipinski definition) is 3. The molecule has 0 aliphatic heterocycles. The van der Waals surface area contributed by atoms with E-state index in [4.69, 9.17) is 0 Å². The molecule has 2 nitrogen and oxygen atoms in total. The third kappa shape index (κ3) is 3.39. The van der Waals surface area contributed by atoms with Gasteiger partial charge in [0.05, 0.1) is 11.1 Å². The van der Waals surface area contributed by atoms with Crippen molar-refractivity contribution in [1.82, 2.24) is 0 Å². The van der Waals surface area contributed by atoms with Crippen molar-refractivity contribution in [3.63, 3.8) is 0 Å². The molecule has 0 amide bonds. The second-order valence-corrected chi connectivity index (χ2v) is 1.17.